The molecule has 1 aromatic heterocycles. The van der Waals surface area contributed by atoms with Gasteiger partial charge in [0.05, 0.1) is 24.4 Å². The third-order valence-corrected chi connectivity index (χ3v) is 3.79. The highest BCUT2D eigenvalue weighted by molar-refractivity contribution is 9.10. The fourth-order valence-electron chi connectivity index (χ4n) is 1.92. The molecule has 0 aliphatic rings. The fraction of sp³-hybridized carbons (Fsp3) is 0.308. The summed E-state index contributed by atoms with van der Waals surface area (Å²) in [5, 5.41) is 4.48. The highest BCUT2D eigenvalue weighted by Crippen LogP contribution is 2.35. The molecule has 0 amide bonds. The van der Waals surface area contributed by atoms with E-state index >= 15 is 0 Å². The molecule has 0 bridgehead atoms. The van der Waals surface area contributed by atoms with Gasteiger partial charge in [-0.1, -0.05) is 0 Å². The summed E-state index contributed by atoms with van der Waals surface area (Å²) < 4.78 is 13.2. The molecule has 2 rings (SSSR count). The maximum absolute atomic E-state index is 5.71. The first-order valence-corrected chi connectivity index (χ1v) is 6.55. The topological polar surface area (TPSA) is 62.3 Å². The van der Waals surface area contributed by atoms with Crippen LogP contribution >= 0.6 is 15.9 Å². The molecule has 0 aliphatic heterocycles. The first-order valence-electron chi connectivity index (χ1n) is 5.76. The predicted molar refractivity (Wildman–Crippen MR) is 77.3 cm³/mol. The van der Waals surface area contributed by atoms with Gasteiger partial charge in [0, 0.05) is 19.2 Å². The molecule has 0 aliphatic carbocycles. The predicted octanol–water partition coefficient (Wildman–Crippen LogP) is 2.33. The Kier molecular flexibility index (Phi) is 4.11. The molecule has 19 heavy (non-hydrogen) atoms. The standard InChI is InChI=1S/C13H16BrN3O2/c1-17-9(7-15)12(14)13(16-17)8-4-5-10(18-2)11(6-8)19-3/h4-6H,7,15H2,1-3H3. The quantitative estimate of drug-likeness (QED) is 0.937. The Morgan fingerprint density at radius 2 is 1.95 bits per heavy atom. The van der Waals surface area contributed by atoms with E-state index in [2.05, 4.69) is 21.0 Å². The fourth-order valence-corrected chi connectivity index (χ4v) is 2.65. The lowest BCUT2D eigenvalue weighted by Crippen LogP contribution is -2.04. The maximum Gasteiger partial charge on any atom is 0.161 e. The summed E-state index contributed by atoms with van der Waals surface area (Å²) >= 11 is 3.55. The van der Waals surface area contributed by atoms with E-state index in [0.717, 1.165) is 21.4 Å². The van der Waals surface area contributed by atoms with E-state index in [0.29, 0.717) is 18.0 Å². The van der Waals surface area contributed by atoms with Crippen molar-refractivity contribution in [3.05, 3.63) is 28.4 Å². The van der Waals surface area contributed by atoms with Crippen molar-refractivity contribution in [3.8, 4) is 22.8 Å². The highest BCUT2D eigenvalue weighted by Gasteiger charge is 2.16. The second kappa shape index (κ2) is 5.63. The first-order chi connectivity index (χ1) is 9.12. The van der Waals surface area contributed by atoms with E-state index in [1.165, 1.54) is 0 Å². The van der Waals surface area contributed by atoms with E-state index in [9.17, 15) is 0 Å². The Morgan fingerprint density at radius 1 is 1.26 bits per heavy atom. The number of hydrogen-bond acceptors (Lipinski definition) is 4. The number of hydrogen-bond donors (Lipinski definition) is 1. The Balaban J connectivity index is 2.53. The summed E-state index contributed by atoms with van der Waals surface area (Å²) in [6.07, 6.45) is 0. The summed E-state index contributed by atoms with van der Waals surface area (Å²) in [6.45, 7) is 0.428. The van der Waals surface area contributed by atoms with Gasteiger partial charge in [0.15, 0.2) is 11.5 Å². The van der Waals surface area contributed by atoms with Gasteiger partial charge in [-0.25, -0.2) is 0 Å². The minimum Gasteiger partial charge on any atom is -0.493 e. The van der Waals surface area contributed by atoms with Crippen molar-refractivity contribution < 1.29 is 9.47 Å². The number of benzene rings is 1. The van der Waals surface area contributed by atoms with Gasteiger partial charge < -0.3 is 15.2 Å². The van der Waals surface area contributed by atoms with Crippen LogP contribution in [0.15, 0.2) is 22.7 Å². The van der Waals surface area contributed by atoms with Crippen molar-refractivity contribution in [3.63, 3.8) is 0 Å². The molecule has 1 aromatic carbocycles. The van der Waals surface area contributed by atoms with Crippen molar-refractivity contribution in [1.82, 2.24) is 9.78 Å². The molecule has 0 spiro atoms. The highest BCUT2D eigenvalue weighted by atomic mass is 79.9. The largest absolute Gasteiger partial charge is 0.493 e. The van der Waals surface area contributed by atoms with Gasteiger partial charge in [-0.2, -0.15) is 5.10 Å². The Morgan fingerprint density at radius 3 is 2.47 bits per heavy atom. The average Bonchev–Trinajstić information content (AvgIpc) is 2.72. The molecular weight excluding hydrogens is 310 g/mol. The van der Waals surface area contributed by atoms with Crippen molar-refractivity contribution >= 4 is 15.9 Å². The van der Waals surface area contributed by atoms with Crippen LogP contribution in [0, 0.1) is 0 Å². The van der Waals surface area contributed by atoms with Gasteiger partial charge in [-0.3, -0.25) is 4.68 Å². The van der Waals surface area contributed by atoms with Crippen LogP contribution in [0.4, 0.5) is 0 Å². The third kappa shape index (κ3) is 2.46. The number of aryl methyl sites for hydroxylation is 1. The lowest BCUT2D eigenvalue weighted by molar-refractivity contribution is 0.355. The van der Waals surface area contributed by atoms with Gasteiger partial charge in [0.25, 0.3) is 0 Å². The first kappa shape index (κ1) is 13.9. The number of halogens is 1. The summed E-state index contributed by atoms with van der Waals surface area (Å²) in [5.41, 5.74) is 8.44. The van der Waals surface area contributed by atoms with Crippen LogP contribution in [0.25, 0.3) is 11.3 Å². The van der Waals surface area contributed by atoms with Crippen LogP contribution in [0.1, 0.15) is 5.69 Å². The minimum atomic E-state index is 0.428. The van der Waals surface area contributed by atoms with Crippen molar-refractivity contribution in [2.45, 2.75) is 6.54 Å². The van der Waals surface area contributed by atoms with Gasteiger partial charge >= 0.3 is 0 Å². The average molecular weight is 326 g/mol. The lowest BCUT2D eigenvalue weighted by atomic mass is 10.1. The summed E-state index contributed by atoms with van der Waals surface area (Å²) in [6, 6.07) is 5.69. The number of aromatic nitrogens is 2. The lowest BCUT2D eigenvalue weighted by Gasteiger charge is -2.08. The zero-order chi connectivity index (χ0) is 14.0. The molecule has 5 nitrogen and oxygen atoms in total. The van der Waals surface area contributed by atoms with Gasteiger partial charge in [0.2, 0.25) is 0 Å². The van der Waals surface area contributed by atoms with Crippen LogP contribution < -0.4 is 15.2 Å². The number of rotatable bonds is 4. The number of nitrogens with two attached hydrogens (primary N) is 1. The summed E-state index contributed by atoms with van der Waals surface area (Å²) in [4.78, 5) is 0. The molecule has 0 atom stereocenters. The second-order valence-electron chi connectivity index (χ2n) is 4.01. The van der Waals surface area contributed by atoms with Crippen molar-refractivity contribution in [2.75, 3.05) is 14.2 Å². The normalized spacial score (nSPS) is 10.6. The van der Waals surface area contributed by atoms with Crippen molar-refractivity contribution in [1.29, 1.82) is 0 Å². The Labute approximate surface area is 120 Å². The smallest absolute Gasteiger partial charge is 0.161 e. The Hall–Kier alpha value is -1.53. The molecular formula is C13H16BrN3O2. The molecule has 0 saturated heterocycles. The van der Waals surface area contributed by atoms with Crippen molar-refractivity contribution in [2.24, 2.45) is 12.8 Å². The molecule has 0 unspecified atom stereocenters. The van der Waals surface area contributed by atoms with E-state index < -0.39 is 0 Å². The molecule has 6 heteroatoms. The van der Waals surface area contributed by atoms with E-state index in [1.54, 1.807) is 18.9 Å². The second-order valence-corrected chi connectivity index (χ2v) is 4.80. The van der Waals surface area contributed by atoms with E-state index in [-0.39, 0.29) is 0 Å². The number of ether oxygens (including phenoxy) is 2. The molecule has 102 valence electrons. The SMILES string of the molecule is COc1ccc(-c2nn(C)c(CN)c2Br)cc1OC. The minimum absolute atomic E-state index is 0.428. The van der Waals surface area contributed by atoms with Gasteiger partial charge in [-0.15, -0.1) is 0 Å². The monoisotopic (exact) mass is 325 g/mol. The molecule has 2 N–H and O–H groups in total. The number of methoxy groups -OCH3 is 2. The molecule has 1 heterocycles. The van der Waals surface area contributed by atoms with Crippen LogP contribution in [0.2, 0.25) is 0 Å². The van der Waals surface area contributed by atoms with Crippen LogP contribution in [0.5, 0.6) is 11.5 Å². The van der Waals surface area contributed by atoms with Crippen LogP contribution in [-0.4, -0.2) is 24.0 Å². The van der Waals surface area contributed by atoms with E-state index in [1.807, 2.05) is 25.2 Å². The van der Waals surface area contributed by atoms with Crippen LogP contribution in [-0.2, 0) is 13.6 Å². The zero-order valence-electron chi connectivity index (χ0n) is 11.1. The summed E-state index contributed by atoms with van der Waals surface area (Å²) in [5.74, 6) is 1.37. The molecule has 0 radical (unpaired) electrons. The van der Waals surface area contributed by atoms with E-state index in [4.69, 9.17) is 15.2 Å². The summed E-state index contributed by atoms with van der Waals surface area (Å²) in [7, 11) is 5.10. The molecule has 0 fully saturated rings. The van der Waals surface area contributed by atoms with Gasteiger partial charge in [-0.05, 0) is 34.1 Å². The Bertz CT molecular complexity index is 596. The zero-order valence-corrected chi connectivity index (χ0v) is 12.7. The molecule has 0 saturated carbocycles. The number of nitrogens with zero attached hydrogens (tertiary/aromatic N) is 2. The molecule has 2 aromatic rings. The third-order valence-electron chi connectivity index (χ3n) is 2.95. The van der Waals surface area contributed by atoms with Gasteiger partial charge in [0.1, 0.15) is 5.69 Å². The maximum atomic E-state index is 5.71. The van der Waals surface area contributed by atoms with Crippen LogP contribution in [0.3, 0.4) is 0 Å².